The van der Waals surface area contributed by atoms with Gasteiger partial charge in [-0.05, 0) is 51.0 Å². The lowest BCUT2D eigenvalue weighted by Gasteiger charge is -2.19. The lowest BCUT2D eigenvalue weighted by atomic mass is 10.1. The Balaban J connectivity index is 2.55. The van der Waals surface area contributed by atoms with Gasteiger partial charge in [-0.3, -0.25) is 0 Å². The van der Waals surface area contributed by atoms with Crippen molar-refractivity contribution in [2.24, 2.45) is 0 Å². The summed E-state index contributed by atoms with van der Waals surface area (Å²) in [6.07, 6.45) is 0. The normalized spacial score (nSPS) is 12.2. The van der Waals surface area contributed by atoms with Crippen LogP contribution in [0.4, 0.5) is 0 Å². The highest BCUT2D eigenvalue weighted by atomic mass is 32.2. The lowest BCUT2D eigenvalue weighted by Crippen LogP contribution is -2.35. The Labute approximate surface area is 116 Å². The van der Waals surface area contributed by atoms with Crippen molar-refractivity contribution in [2.45, 2.75) is 32.9 Å². The first-order valence-corrected chi connectivity index (χ1v) is 7.90. The molecule has 19 heavy (non-hydrogen) atoms. The molecule has 0 aliphatic carbocycles. The predicted octanol–water partition coefficient (Wildman–Crippen LogP) is 2.35. The lowest BCUT2D eigenvalue weighted by molar-refractivity contribution is 0.286. The molecule has 1 aromatic rings. The smallest absolute Gasteiger partial charge is 0.216 e. The number of aryl methyl sites for hydroxylation is 2. The summed E-state index contributed by atoms with van der Waals surface area (Å²) in [6, 6.07) is 5.97. The van der Waals surface area contributed by atoms with E-state index in [4.69, 9.17) is 4.74 Å². The second-order valence-electron chi connectivity index (χ2n) is 5.09. The van der Waals surface area contributed by atoms with Crippen LogP contribution < -0.4 is 4.74 Å². The fraction of sp³-hybridized carbons (Fsp3) is 0.571. The van der Waals surface area contributed by atoms with Crippen molar-refractivity contribution < 1.29 is 13.2 Å². The number of nitrogens with zero attached hydrogens (tertiary/aromatic N) is 1. The van der Waals surface area contributed by atoms with Gasteiger partial charge in [-0.2, -0.15) is 0 Å². The molecule has 108 valence electrons. The first kappa shape index (κ1) is 16.0. The maximum absolute atomic E-state index is 11.9. The van der Waals surface area contributed by atoms with Crippen molar-refractivity contribution in [3.8, 4) is 5.75 Å². The van der Waals surface area contributed by atoms with Crippen molar-refractivity contribution in [3.63, 3.8) is 0 Å². The van der Waals surface area contributed by atoms with Gasteiger partial charge in [0.1, 0.15) is 12.4 Å². The van der Waals surface area contributed by atoms with E-state index in [1.54, 1.807) is 20.9 Å². The average molecular weight is 285 g/mol. The van der Waals surface area contributed by atoms with Gasteiger partial charge in [0.05, 0.1) is 5.25 Å². The zero-order valence-electron chi connectivity index (χ0n) is 12.3. The molecule has 0 N–H and O–H groups in total. The van der Waals surface area contributed by atoms with Crippen LogP contribution in [0.5, 0.6) is 5.75 Å². The van der Waals surface area contributed by atoms with Gasteiger partial charge in [-0.1, -0.05) is 6.07 Å². The van der Waals surface area contributed by atoms with Crippen LogP contribution in [-0.2, 0) is 10.0 Å². The van der Waals surface area contributed by atoms with E-state index in [9.17, 15) is 8.42 Å². The van der Waals surface area contributed by atoms with Crippen molar-refractivity contribution in [2.75, 3.05) is 20.2 Å². The van der Waals surface area contributed by atoms with Crippen LogP contribution >= 0.6 is 0 Å². The highest BCUT2D eigenvalue weighted by Crippen LogP contribution is 2.16. The van der Waals surface area contributed by atoms with E-state index < -0.39 is 15.3 Å². The van der Waals surface area contributed by atoms with E-state index in [1.165, 1.54) is 4.31 Å². The Kier molecular flexibility index (Phi) is 5.38. The molecule has 0 fully saturated rings. The third-order valence-electron chi connectivity index (χ3n) is 2.90. The van der Waals surface area contributed by atoms with Crippen LogP contribution in [0.1, 0.15) is 25.0 Å². The van der Waals surface area contributed by atoms with E-state index in [2.05, 4.69) is 6.07 Å². The summed E-state index contributed by atoms with van der Waals surface area (Å²) < 4.78 is 30.7. The van der Waals surface area contributed by atoms with Crippen molar-refractivity contribution in [1.29, 1.82) is 0 Å². The molecule has 0 aromatic heterocycles. The van der Waals surface area contributed by atoms with Crippen LogP contribution in [0.15, 0.2) is 18.2 Å². The van der Waals surface area contributed by atoms with Gasteiger partial charge in [0.25, 0.3) is 0 Å². The topological polar surface area (TPSA) is 46.6 Å². The largest absolute Gasteiger partial charge is 0.492 e. The minimum absolute atomic E-state index is 0.353. The summed E-state index contributed by atoms with van der Waals surface area (Å²) in [5.74, 6) is 0.785. The van der Waals surface area contributed by atoms with Crippen molar-refractivity contribution >= 4 is 10.0 Å². The van der Waals surface area contributed by atoms with E-state index in [-0.39, 0.29) is 0 Å². The fourth-order valence-corrected chi connectivity index (χ4v) is 2.84. The van der Waals surface area contributed by atoms with Gasteiger partial charge in [0, 0.05) is 13.6 Å². The number of sulfonamides is 1. The maximum Gasteiger partial charge on any atom is 0.216 e. The summed E-state index contributed by atoms with van der Waals surface area (Å²) in [4.78, 5) is 0. The molecule has 0 heterocycles. The molecule has 0 atom stereocenters. The number of likely N-dealkylation sites (N-methyl/N-ethyl adjacent to an activating group) is 1. The highest BCUT2D eigenvalue weighted by molar-refractivity contribution is 7.89. The van der Waals surface area contributed by atoms with E-state index in [0.29, 0.717) is 13.2 Å². The molecule has 0 aliphatic heterocycles. The molecule has 0 aliphatic rings. The Bertz CT molecular complexity index is 503. The number of rotatable bonds is 6. The van der Waals surface area contributed by atoms with Crippen LogP contribution in [0, 0.1) is 13.8 Å². The standard InChI is InChI=1S/C14H23NO3S/c1-11(2)19(16,17)15(5)6-7-18-14-9-12(3)8-13(4)10-14/h8-11H,6-7H2,1-5H3. The minimum atomic E-state index is -3.19. The van der Waals surface area contributed by atoms with Crippen LogP contribution in [0.3, 0.4) is 0 Å². The van der Waals surface area contributed by atoms with E-state index >= 15 is 0 Å². The monoisotopic (exact) mass is 285 g/mol. The molecule has 5 heteroatoms. The molecule has 0 unspecified atom stereocenters. The minimum Gasteiger partial charge on any atom is -0.492 e. The third kappa shape index (κ3) is 4.51. The number of hydrogen-bond acceptors (Lipinski definition) is 3. The van der Waals surface area contributed by atoms with E-state index in [0.717, 1.165) is 16.9 Å². The Morgan fingerprint density at radius 3 is 2.16 bits per heavy atom. The molecule has 0 saturated carbocycles. The zero-order valence-corrected chi connectivity index (χ0v) is 13.1. The average Bonchev–Trinajstić information content (AvgIpc) is 2.27. The van der Waals surface area contributed by atoms with Crippen LogP contribution in [0.2, 0.25) is 0 Å². The third-order valence-corrected chi connectivity index (χ3v) is 5.14. The predicted molar refractivity (Wildman–Crippen MR) is 78.1 cm³/mol. The Hall–Kier alpha value is -1.07. The van der Waals surface area contributed by atoms with Gasteiger partial charge >= 0.3 is 0 Å². The zero-order chi connectivity index (χ0) is 14.6. The van der Waals surface area contributed by atoms with Gasteiger partial charge in [-0.25, -0.2) is 12.7 Å². The summed E-state index contributed by atoms with van der Waals surface area (Å²) >= 11 is 0. The highest BCUT2D eigenvalue weighted by Gasteiger charge is 2.21. The second kappa shape index (κ2) is 6.39. The quantitative estimate of drug-likeness (QED) is 0.806. The van der Waals surface area contributed by atoms with Crippen molar-refractivity contribution in [3.05, 3.63) is 29.3 Å². The number of benzene rings is 1. The summed E-state index contributed by atoms with van der Waals surface area (Å²) in [5, 5.41) is -0.404. The summed E-state index contributed by atoms with van der Waals surface area (Å²) in [7, 11) is -1.61. The summed E-state index contributed by atoms with van der Waals surface area (Å²) in [6.45, 7) is 8.08. The summed E-state index contributed by atoms with van der Waals surface area (Å²) in [5.41, 5.74) is 2.27. The maximum atomic E-state index is 11.9. The van der Waals surface area contributed by atoms with Crippen LogP contribution in [0.25, 0.3) is 0 Å². The molecule has 0 spiro atoms. The molecule has 0 radical (unpaired) electrons. The Morgan fingerprint density at radius 1 is 1.16 bits per heavy atom. The second-order valence-corrected chi connectivity index (χ2v) is 7.68. The molecular formula is C14H23NO3S. The molecular weight excluding hydrogens is 262 g/mol. The molecule has 1 aromatic carbocycles. The Morgan fingerprint density at radius 2 is 1.68 bits per heavy atom. The molecule has 0 bridgehead atoms. The number of hydrogen-bond donors (Lipinski definition) is 0. The van der Waals surface area contributed by atoms with Gasteiger partial charge in [0.15, 0.2) is 0 Å². The van der Waals surface area contributed by atoms with Crippen LogP contribution in [-0.4, -0.2) is 38.2 Å². The SMILES string of the molecule is Cc1cc(C)cc(OCCN(C)S(=O)(=O)C(C)C)c1. The van der Waals surface area contributed by atoms with Gasteiger partial charge in [0.2, 0.25) is 10.0 Å². The molecule has 1 rings (SSSR count). The molecule has 0 saturated heterocycles. The first-order chi connectivity index (χ1) is 8.73. The van der Waals surface area contributed by atoms with Crippen molar-refractivity contribution in [1.82, 2.24) is 4.31 Å². The molecule has 0 amide bonds. The number of ether oxygens (including phenoxy) is 1. The van der Waals surface area contributed by atoms with Gasteiger partial charge in [-0.15, -0.1) is 0 Å². The van der Waals surface area contributed by atoms with E-state index in [1.807, 2.05) is 26.0 Å². The fourth-order valence-electron chi connectivity index (χ4n) is 1.80. The van der Waals surface area contributed by atoms with Gasteiger partial charge < -0.3 is 4.74 Å². The molecule has 4 nitrogen and oxygen atoms in total. The first-order valence-electron chi connectivity index (χ1n) is 6.39.